The number of aryl methyl sites for hydroxylation is 3. The summed E-state index contributed by atoms with van der Waals surface area (Å²) >= 11 is 1.53. The van der Waals surface area contributed by atoms with Crippen LogP contribution in [0, 0.1) is 13.8 Å². The third-order valence-electron chi connectivity index (χ3n) is 7.81. The molecule has 2 heterocycles. The molecule has 0 saturated carbocycles. The van der Waals surface area contributed by atoms with Crippen molar-refractivity contribution in [2.75, 3.05) is 23.0 Å². The van der Waals surface area contributed by atoms with Crippen LogP contribution in [0.15, 0.2) is 78.2 Å². The Morgan fingerprint density at radius 3 is 2.37 bits per heavy atom. The van der Waals surface area contributed by atoms with Crippen LogP contribution >= 0.6 is 11.3 Å². The minimum atomic E-state index is -4.29. The Hall–Kier alpha value is -1.91. The van der Waals surface area contributed by atoms with Crippen LogP contribution < -0.4 is 65.6 Å². The smallest absolute Gasteiger partial charge is 0.748 e. The van der Waals surface area contributed by atoms with E-state index in [0.29, 0.717) is 31.0 Å². The minimum absolute atomic E-state index is 0. The minimum Gasteiger partial charge on any atom is -0.748 e. The van der Waals surface area contributed by atoms with Crippen molar-refractivity contribution in [3.8, 4) is 16.9 Å². The van der Waals surface area contributed by atoms with Crippen LogP contribution in [-0.4, -0.2) is 44.0 Å². The van der Waals surface area contributed by atoms with E-state index < -0.39 is 31.7 Å². The predicted molar refractivity (Wildman–Crippen MR) is 178 cm³/mol. The van der Waals surface area contributed by atoms with Crippen molar-refractivity contribution in [2.24, 2.45) is 0 Å². The molecule has 0 amide bonds. The van der Waals surface area contributed by atoms with Gasteiger partial charge in [0.05, 0.1) is 15.8 Å². The number of benzene rings is 3. The van der Waals surface area contributed by atoms with Gasteiger partial charge in [-0.05, 0) is 79.1 Å². The van der Waals surface area contributed by atoms with Crippen LogP contribution in [0.2, 0.25) is 0 Å². The van der Waals surface area contributed by atoms with Crippen LogP contribution in [0.3, 0.4) is 0 Å². The van der Waals surface area contributed by atoms with E-state index in [-0.39, 0.29) is 64.4 Å². The molecule has 0 bridgehead atoms. The van der Waals surface area contributed by atoms with Crippen molar-refractivity contribution in [2.45, 2.75) is 46.6 Å². The Bertz CT molecular complexity index is 2010. The van der Waals surface area contributed by atoms with Crippen molar-refractivity contribution in [3.63, 3.8) is 0 Å². The van der Waals surface area contributed by atoms with Crippen molar-refractivity contribution >= 4 is 53.6 Å². The molecule has 3 aromatic carbocycles. The first-order valence-corrected chi connectivity index (χ1v) is 18.7. The Kier molecular flexibility index (Phi) is 12.5. The monoisotopic (exact) mass is 707 g/mol. The SMILES string of the molecule is CCC(=C/c1sc2ccc(-c3ccccc3)cc2[n+]1CCS(=O)(=O)O)/C=C1\Oc2cc(C)c(C)cc2N1CCCCS(=O)(=O)[O-].[K+]. The summed E-state index contributed by atoms with van der Waals surface area (Å²) in [6.07, 6.45) is 5.32. The Balaban J connectivity index is 0.00000480. The predicted octanol–water partition coefficient (Wildman–Crippen LogP) is 3.22. The summed E-state index contributed by atoms with van der Waals surface area (Å²) in [5.74, 6) is 0.453. The van der Waals surface area contributed by atoms with Crippen molar-refractivity contribution in [3.05, 3.63) is 94.3 Å². The van der Waals surface area contributed by atoms with Crippen LogP contribution in [0.25, 0.3) is 27.4 Å². The second-order valence-corrected chi connectivity index (χ2v) is 15.3. The van der Waals surface area contributed by atoms with Gasteiger partial charge in [-0.1, -0.05) is 54.7 Å². The maximum Gasteiger partial charge on any atom is 1.00 e. The average molecular weight is 708 g/mol. The molecule has 1 aliphatic rings. The topological polar surface area (TPSA) is 128 Å². The van der Waals surface area contributed by atoms with Crippen molar-refractivity contribution in [1.29, 1.82) is 0 Å². The first-order chi connectivity index (χ1) is 21.3. The van der Waals surface area contributed by atoms with E-state index in [1.54, 1.807) is 0 Å². The van der Waals surface area contributed by atoms with Gasteiger partial charge >= 0.3 is 51.4 Å². The third-order valence-corrected chi connectivity index (χ3v) is 10.4. The molecule has 0 aliphatic carbocycles. The van der Waals surface area contributed by atoms with Crippen molar-refractivity contribution < 1.29 is 86.6 Å². The molecule has 5 rings (SSSR count). The fraction of sp³-hybridized carbons (Fsp3) is 0.303. The molecule has 238 valence electrons. The van der Waals surface area contributed by atoms with E-state index in [9.17, 15) is 25.9 Å². The Morgan fingerprint density at radius 1 is 0.978 bits per heavy atom. The Morgan fingerprint density at radius 2 is 1.70 bits per heavy atom. The fourth-order valence-corrected chi connectivity index (χ4v) is 7.38. The van der Waals surface area contributed by atoms with Gasteiger partial charge in [-0.25, -0.2) is 8.42 Å². The van der Waals surface area contributed by atoms with E-state index in [4.69, 9.17) is 4.74 Å². The third kappa shape index (κ3) is 9.37. The standard InChI is InChI=1S/C33H36N2O7S3.K/c1-4-25(20-32-34(14-8-9-16-44(36,37)38)28-18-23(2)24(3)19-30(28)42-32)21-33-35(15-17-45(39,40)41)29-22-27(12-13-31(29)43-33)26-10-6-5-7-11-26;/h5-7,10-13,18-22H,4,8-9,14-17H2,1-3H3,(H-,36,37,38,39,40,41);/q;+1. The number of nitrogens with zero attached hydrogens (tertiary/aromatic N) is 2. The van der Waals surface area contributed by atoms with E-state index in [2.05, 4.69) is 0 Å². The van der Waals surface area contributed by atoms with E-state index in [1.807, 2.05) is 103 Å². The molecular weight excluding hydrogens is 672 g/mol. The largest absolute Gasteiger partial charge is 1.00 e. The number of thiazole rings is 1. The second kappa shape index (κ2) is 15.5. The summed E-state index contributed by atoms with van der Waals surface area (Å²) in [5.41, 5.74) is 6.88. The van der Waals surface area contributed by atoms with Crippen molar-refractivity contribution in [1.82, 2.24) is 0 Å². The maximum atomic E-state index is 11.8. The number of hydrogen-bond acceptors (Lipinski definition) is 8. The number of ether oxygens (including phenoxy) is 1. The summed E-state index contributed by atoms with van der Waals surface area (Å²) in [6, 6.07) is 20.1. The molecule has 13 heteroatoms. The van der Waals surface area contributed by atoms with Gasteiger partial charge in [0.1, 0.15) is 10.5 Å². The zero-order valence-corrected chi connectivity index (χ0v) is 32.0. The van der Waals surface area contributed by atoms with Gasteiger partial charge < -0.3 is 14.2 Å². The molecule has 1 aliphatic heterocycles. The van der Waals surface area contributed by atoms with Crippen LogP contribution in [0.4, 0.5) is 5.69 Å². The molecule has 0 saturated heterocycles. The molecule has 46 heavy (non-hydrogen) atoms. The number of aromatic nitrogens is 1. The molecule has 1 aromatic heterocycles. The number of hydrogen-bond donors (Lipinski definition) is 1. The van der Waals surface area contributed by atoms with Crippen LogP contribution in [0.5, 0.6) is 5.75 Å². The first kappa shape index (κ1) is 36.9. The molecule has 0 atom stereocenters. The summed E-state index contributed by atoms with van der Waals surface area (Å²) in [6.45, 7) is 6.59. The molecular formula is C33H36KN2O7S3+. The van der Waals surface area contributed by atoms with Crippen LogP contribution in [-0.2, 0) is 26.8 Å². The first-order valence-electron chi connectivity index (χ1n) is 14.7. The van der Waals surface area contributed by atoms with Gasteiger partial charge in [0.15, 0.2) is 12.3 Å². The zero-order valence-electron chi connectivity index (χ0n) is 26.4. The normalized spacial score (nSPS) is 14.4. The van der Waals surface area contributed by atoms with Gasteiger partial charge in [-0.2, -0.15) is 13.0 Å². The maximum absolute atomic E-state index is 11.8. The van der Waals surface area contributed by atoms with Gasteiger partial charge in [0, 0.05) is 30.5 Å². The zero-order chi connectivity index (χ0) is 32.4. The van der Waals surface area contributed by atoms with Crippen LogP contribution in [0.1, 0.15) is 42.3 Å². The van der Waals surface area contributed by atoms with Gasteiger partial charge in [-0.3, -0.25) is 4.55 Å². The number of anilines is 1. The molecule has 4 aromatic rings. The van der Waals surface area contributed by atoms with Gasteiger partial charge in [0.2, 0.25) is 11.4 Å². The quantitative estimate of drug-likeness (QED) is 0.103. The molecule has 0 fully saturated rings. The van der Waals surface area contributed by atoms with Gasteiger partial charge in [0.25, 0.3) is 15.1 Å². The number of fused-ring (bicyclic) bond motifs is 2. The van der Waals surface area contributed by atoms with E-state index in [0.717, 1.165) is 48.7 Å². The summed E-state index contributed by atoms with van der Waals surface area (Å²) in [4.78, 5) is 2.01. The molecule has 0 unspecified atom stereocenters. The number of unbranched alkanes of at least 4 members (excludes halogenated alkanes) is 1. The average Bonchev–Trinajstić information content (AvgIpc) is 3.49. The summed E-state index contributed by atoms with van der Waals surface area (Å²) < 4.78 is 75.8. The molecule has 9 nitrogen and oxygen atoms in total. The molecule has 0 radical (unpaired) electrons. The Labute approximate surface area is 317 Å². The van der Waals surface area contributed by atoms with E-state index >= 15 is 0 Å². The van der Waals surface area contributed by atoms with Gasteiger partial charge in [-0.15, -0.1) is 0 Å². The fourth-order valence-electron chi connectivity index (χ4n) is 5.26. The summed E-state index contributed by atoms with van der Waals surface area (Å²) in [5, 5.41) is 0.821. The van der Waals surface area contributed by atoms with E-state index in [1.165, 1.54) is 11.3 Å². The second-order valence-electron chi connectivity index (χ2n) is 11.1. The summed E-state index contributed by atoms with van der Waals surface area (Å²) in [7, 11) is -8.49. The number of rotatable bonds is 12. The number of allylic oxidation sites excluding steroid dienone is 2. The molecule has 1 N–H and O–H groups in total. The molecule has 0 spiro atoms.